The molecule has 2 amide bonds. The van der Waals surface area contributed by atoms with E-state index in [1.165, 1.54) is 30.3 Å². The van der Waals surface area contributed by atoms with Crippen LogP contribution in [-0.2, 0) is 6.54 Å². The van der Waals surface area contributed by atoms with Crippen molar-refractivity contribution in [3.63, 3.8) is 0 Å². The van der Waals surface area contributed by atoms with Crippen molar-refractivity contribution in [2.75, 3.05) is 11.5 Å². The molecule has 0 aromatic heterocycles. The molecule has 1 fully saturated rings. The lowest BCUT2D eigenvalue weighted by molar-refractivity contribution is 0.0925. The topological polar surface area (TPSA) is 110 Å². The van der Waals surface area contributed by atoms with Gasteiger partial charge >= 0.3 is 0 Å². The third kappa shape index (κ3) is 4.54. The van der Waals surface area contributed by atoms with E-state index >= 15 is 0 Å². The van der Waals surface area contributed by atoms with Gasteiger partial charge in [0.2, 0.25) is 0 Å². The molecule has 0 bridgehead atoms. The van der Waals surface area contributed by atoms with Gasteiger partial charge < -0.3 is 22.1 Å². The van der Waals surface area contributed by atoms with Crippen LogP contribution < -0.4 is 22.1 Å². The predicted octanol–water partition coefficient (Wildman–Crippen LogP) is 3.62. The largest absolute Gasteiger partial charge is 0.399 e. The highest BCUT2D eigenvalue weighted by atomic mass is 19.1. The first-order valence-corrected chi connectivity index (χ1v) is 10.1. The minimum absolute atomic E-state index is 0.201. The highest BCUT2D eigenvalue weighted by molar-refractivity contribution is 6.11. The lowest BCUT2D eigenvalue weighted by Gasteiger charge is -2.12. The summed E-state index contributed by atoms with van der Waals surface area (Å²) in [6.07, 6.45) is 1.93. The Bertz CT molecular complexity index is 1170. The number of carbonyl (C=O) groups excluding carboxylic acids is 2. The molecule has 0 radical (unpaired) electrons. The van der Waals surface area contributed by atoms with E-state index in [4.69, 9.17) is 11.5 Å². The molecule has 0 atom stereocenters. The first-order chi connectivity index (χ1) is 15.3. The second kappa shape index (κ2) is 8.66. The van der Waals surface area contributed by atoms with Gasteiger partial charge in [0.05, 0.1) is 11.1 Å². The Labute approximate surface area is 183 Å². The Morgan fingerprint density at radius 1 is 0.938 bits per heavy atom. The SMILES string of the molecule is Nc1ccc(-c2ccc(C(=O)NC3CC3)c3c2CNC3=O)c(F)c1.Nc1ccc(F)cc1. The maximum atomic E-state index is 14.3. The molecule has 6 N–H and O–H groups in total. The van der Waals surface area contributed by atoms with Crippen LogP contribution in [0.25, 0.3) is 11.1 Å². The number of carbonyl (C=O) groups is 2. The lowest BCUT2D eigenvalue weighted by atomic mass is 9.92. The fourth-order valence-corrected chi connectivity index (χ4v) is 3.49. The van der Waals surface area contributed by atoms with Crippen LogP contribution in [-0.4, -0.2) is 17.9 Å². The summed E-state index contributed by atoms with van der Waals surface area (Å²) in [5.41, 5.74) is 14.1. The molecule has 1 heterocycles. The van der Waals surface area contributed by atoms with E-state index in [1.54, 1.807) is 24.3 Å². The van der Waals surface area contributed by atoms with Crippen molar-refractivity contribution < 1.29 is 18.4 Å². The molecular formula is C24H22F2N4O2. The van der Waals surface area contributed by atoms with Crippen molar-refractivity contribution >= 4 is 23.2 Å². The fourth-order valence-electron chi connectivity index (χ4n) is 3.49. The zero-order valence-corrected chi connectivity index (χ0v) is 17.1. The summed E-state index contributed by atoms with van der Waals surface area (Å²) < 4.78 is 26.3. The Morgan fingerprint density at radius 3 is 2.22 bits per heavy atom. The Balaban J connectivity index is 0.000000260. The Hall–Kier alpha value is -3.94. The van der Waals surface area contributed by atoms with Gasteiger partial charge in [-0.05, 0) is 72.5 Å². The molecule has 2 aliphatic rings. The van der Waals surface area contributed by atoms with Gasteiger partial charge in [0.1, 0.15) is 11.6 Å². The normalized spacial score (nSPS) is 14.1. The van der Waals surface area contributed by atoms with Gasteiger partial charge in [-0.3, -0.25) is 9.59 Å². The maximum Gasteiger partial charge on any atom is 0.252 e. The molecule has 0 spiro atoms. The summed E-state index contributed by atoms with van der Waals surface area (Å²) in [4.78, 5) is 24.6. The summed E-state index contributed by atoms with van der Waals surface area (Å²) in [5.74, 6) is -1.26. The average molecular weight is 436 g/mol. The molecule has 1 aliphatic carbocycles. The standard InChI is InChI=1S/C18H16FN3O2.C6H6FN/c19-15-7-9(20)1-4-12(15)11-5-6-13(17(23)22-10-2-3-10)16-14(11)8-21-18(16)24;7-5-1-3-6(8)4-2-5/h1,4-7,10H,2-3,8,20H2,(H,21,24)(H,22,23);1-4H,8H2. The minimum Gasteiger partial charge on any atom is -0.399 e. The fraction of sp³-hybridized carbons (Fsp3) is 0.167. The van der Waals surface area contributed by atoms with Crippen molar-refractivity contribution in [3.05, 3.63) is 82.9 Å². The summed E-state index contributed by atoms with van der Waals surface area (Å²) in [6.45, 7) is 0.276. The van der Waals surface area contributed by atoms with Gasteiger partial charge in [-0.2, -0.15) is 0 Å². The van der Waals surface area contributed by atoms with E-state index < -0.39 is 5.82 Å². The molecule has 1 aliphatic heterocycles. The van der Waals surface area contributed by atoms with Crippen molar-refractivity contribution in [1.29, 1.82) is 0 Å². The van der Waals surface area contributed by atoms with E-state index in [-0.39, 0.29) is 30.2 Å². The zero-order chi connectivity index (χ0) is 22.8. The number of hydrogen-bond acceptors (Lipinski definition) is 4. The van der Waals surface area contributed by atoms with Crippen LogP contribution in [0.5, 0.6) is 0 Å². The molecule has 0 unspecified atom stereocenters. The molecular weight excluding hydrogens is 414 g/mol. The number of nitrogen functional groups attached to an aromatic ring is 2. The molecule has 0 saturated heterocycles. The third-order valence-corrected chi connectivity index (χ3v) is 5.28. The second-order valence-corrected chi connectivity index (χ2v) is 7.74. The first kappa shape index (κ1) is 21.3. The van der Waals surface area contributed by atoms with Crippen LogP contribution in [0.4, 0.5) is 20.2 Å². The highest BCUT2D eigenvalue weighted by Crippen LogP contribution is 2.34. The van der Waals surface area contributed by atoms with E-state index in [0.29, 0.717) is 39.2 Å². The predicted molar refractivity (Wildman–Crippen MR) is 119 cm³/mol. The van der Waals surface area contributed by atoms with Gasteiger partial charge in [-0.15, -0.1) is 0 Å². The van der Waals surface area contributed by atoms with Crippen LogP contribution in [0.1, 0.15) is 39.1 Å². The van der Waals surface area contributed by atoms with Crippen LogP contribution in [0.2, 0.25) is 0 Å². The quantitative estimate of drug-likeness (QED) is 0.470. The molecule has 164 valence electrons. The number of hydrogen-bond donors (Lipinski definition) is 4. The van der Waals surface area contributed by atoms with Crippen molar-refractivity contribution in [2.24, 2.45) is 0 Å². The minimum atomic E-state index is -0.452. The van der Waals surface area contributed by atoms with E-state index in [2.05, 4.69) is 10.6 Å². The monoisotopic (exact) mass is 436 g/mol. The second-order valence-electron chi connectivity index (χ2n) is 7.74. The van der Waals surface area contributed by atoms with Crippen LogP contribution in [0.3, 0.4) is 0 Å². The van der Waals surface area contributed by atoms with Gasteiger partial charge in [-0.25, -0.2) is 8.78 Å². The van der Waals surface area contributed by atoms with E-state index in [1.807, 2.05) is 0 Å². The average Bonchev–Trinajstić information content (AvgIpc) is 3.50. The zero-order valence-electron chi connectivity index (χ0n) is 17.1. The van der Waals surface area contributed by atoms with Gasteiger partial charge in [0, 0.05) is 29.5 Å². The number of halogens is 2. The number of benzene rings is 3. The van der Waals surface area contributed by atoms with Crippen molar-refractivity contribution in [2.45, 2.75) is 25.4 Å². The van der Waals surface area contributed by atoms with Crippen molar-refractivity contribution in [1.82, 2.24) is 10.6 Å². The number of rotatable bonds is 3. The van der Waals surface area contributed by atoms with Gasteiger partial charge in [0.15, 0.2) is 0 Å². The summed E-state index contributed by atoms with van der Waals surface area (Å²) >= 11 is 0. The lowest BCUT2D eigenvalue weighted by Crippen LogP contribution is -2.27. The van der Waals surface area contributed by atoms with Gasteiger partial charge in [0.25, 0.3) is 11.8 Å². The summed E-state index contributed by atoms with van der Waals surface area (Å²) in [6, 6.07) is 13.6. The number of nitrogens with one attached hydrogen (secondary N) is 2. The van der Waals surface area contributed by atoms with E-state index in [9.17, 15) is 18.4 Å². The first-order valence-electron chi connectivity index (χ1n) is 10.1. The molecule has 32 heavy (non-hydrogen) atoms. The van der Waals surface area contributed by atoms with Crippen molar-refractivity contribution in [3.8, 4) is 11.1 Å². The number of anilines is 2. The number of amides is 2. The molecule has 3 aromatic rings. The number of nitrogens with two attached hydrogens (primary N) is 2. The molecule has 8 heteroatoms. The van der Waals surface area contributed by atoms with Gasteiger partial charge in [-0.1, -0.05) is 6.07 Å². The smallest absolute Gasteiger partial charge is 0.252 e. The van der Waals surface area contributed by atoms with E-state index in [0.717, 1.165) is 12.8 Å². The summed E-state index contributed by atoms with van der Waals surface area (Å²) in [5, 5.41) is 5.61. The van der Waals surface area contributed by atoms with Crippen LogP contribution in [0.15, 0.2) is 54.6 Å². The highest BCUT2D eigenvalue weighted by Gasteiger charge is 2.31. The van der Waals surface area contributed by atoms with Crippen LogP contribution >= 0.6 is 0 Å². The number of fused-ring (bicyclic) bond motifs is 1. The molecule has 1 saturated carbocycles. The molecule has 5 rings (SSSR count). The Kier molecular flexibility index (Phi) is 5.77. The van der Waals surface area contributed by atoms with Crippen LogP contribution in [0, 0.1) is 11.6 Å². The molecule has 3 aromatic carbocycles. The maximum absolute atomic E-state index is 14.3. The third-order valence-electron chi connectivity index (χ3n) is 5.28. The molecule has 6 nitrogen and oxygen atoms in total. The summed E-state index contributed by atoms with van der Waals surface area (Å²) in [7, 11) is 0. The Morgan fingerprint density at radius 2 is 1.59 bits per heavy atom.